The van der Waals surface area contributed by atoms with Crippen LogP contribution in [-0.4, -0.2) is 28.8 Å². The quantitative estimate of drug-likeness (QED) is 0.660. The van der Waals surface area contributed by atoms with E-state index in [4.69, 9.17) is 4.55 Å². The summed E-state index contributed by atoms with van der Waals surface area (Å²) in [5, 5.41) is 11.6. The SMILES string of the molecule is CC(C)C(c1ccc(S(=O)(=O)O)cc1)N(O)C(C)(C)C. The van der Waals surface area contributed by atoms with Crippen molar-refractivity contribution >= 4 is 10.1 Å². The van der Waals surface area contributed by atoms with Gasteiger partial charge in [-0.1, -0.05) is 26.0 Å². The van der Waals surface area contributed by atoms with E-state index in [9.17, 15) is 13.6 Å². The monoisotopic (exact) mass is 301 g/mol. The van der Waals surface area contributed by atoms with Crippen LogP contribution in [0.2, 0.25) is 0 Å². The van der Waals surface area contributed by atoms with Gasteiger partial charge in [-0.05, 0) is 44.4 Å². The number of benzene rings is 1. The molecule has 0 saturated heterocycles. The summed E-state index contributed by atoms with van der Waals surface area (Å²) in [5.41, 5.74) is 0.362. The standard InChI is InChI=1S/C14H23NO4S/c1-10(2)13(15(16)14(3,4)5)11-6-8-12(9-7-11)20(17,18)19/h6-10,13,16H,1-5H3,(H,17,18,19). The Labute approximate surface area is 120 Å². The Bertz CT molecular complexity index is 544. The van der Waals surface area contributed by atoms with Crippen LogP contribution >= 0.6 is 0 Å². The van der Waals surface area contributed by atoms with E-state index in [1.54, 1.807) is 12.1 Å². The minimum Gasteiger partial charge on any atom is -0.313 e. The third-order valence-corrected chi connectivity index (χ3v) is 3.97. The molecular formula is C14H23NO4S. The molecule has 114 valence electrons. The van der Waals surface area contributed by atoms with Crippen molar-refractivity contribution in [2.24, 2.45) is 5.92 Å². The van der Waals surface area contributed by atoms with Gasteiger partial charge < -0.3 is 5.21 Å². The maximum Gasteiger partial charge on any atom is 0.294 e. The molecule has 0 heterocycles. The predicted octanol–water partition coefficient (Wildman–Crippen LogP) is 3.12. The Kier molecular flexibility index (Phi) is 4.97. The fourth-order valence-electron chi connectivity index (χ4n) is 2.06. The lowest BCUT2D eigenvalue weighted by molar-refractivity contribution is -0.199. The molecule has 0 spiro atoms. The minimum atomic E-state index is -4.19. The third kappa shape index (κ3) is 4.02. The molecule has 5 nitrogen and oxygen atoms in total. The second-order valence-electron chi connectivity index (χ2n) is 6.25. The first-order chi connectivity index (χ1) is 8.94. The Morgan fingerprint density at radius 1 is 1.10 bits per heavy atom. The van der Waals surface area contributed by atoms with Gasteiger partial charge >= 0.3 is 0 Å². The van der Waals surface area contributed by atoms with Crippen molar-refractivity contribution in [2.75, 3.05) is 0 Å². The summed E-state index contributed by atoms with van der Waals surface area (Å²) >= 11 is 0. The summed E-state index contributed by atoms with van der Waals surface area (Å²) in [6.07, 6.45) is 0. The Balaban J connectivity index is 3.18. The number of nitrogens with zero attached hydrogens (tertiary/aromatic N) is 1. The predicted molar refractivity (Wildman–Crippen MR) is 77.2 cm³/mol. The van der Waals surface area contributed by atoms with Crippen LogP contribution in [0.25, 0.3) is 0 Å². The van der Waals surface area contributed by atoms with Gasteiger partial charge in [0.15, 0.2) is 0 Å². The molecule has 0 bridgehead atoms. The summed E-state index contributed by atoms with van der Waals surface area (Å²) < 4.78 is 31.1. The van der Waals surface area contributed by atoms with Crippen molar-refractivity contribution in [1.82, 2.24) is 5.06 Å². The number of rotatable bonds is 4. The van der Waals surface area contributed by atoms with Crippen LogP contribution in [0.15, 0.2) is 29.2 Å². The number of hydroxylamine groups is 2. The minimum absolute atomic E-state index is 0.135. The lowest BCUT2D eigenvalue weighted by Gasteiger charge is -2.38. The molecule has 1 rings (SSSR count). The van der Waals surface area contributed by atoms with Crippen LogP contribution in [0, 0.1) is 5.92 Å². The molecule has 1 unspecified atom stereocenters. The van der Waals surface area contributed by atoms with E-state index in [2.05, 4.69) is 0 Å². The smallest absolute Gasteiger partial charge is 0.294 e. The van der Waals surface area contributed by atoms with E-state index in [-0.39, 0.29) is 16.9 Å². The average Bonchev–Trinajstić information content (AvgIpc) is 2.26. The third-order valence-electron chi connectivity index (χ3n) is 3.10. The zero-order valence-electron chi connectivity index (χ0n) is 12.5. The van der Waals surface area contributed by atoms with Crippen LogP contribution in [0.5, 0.6) is 0 Å². The van der Waals surface area contributed by atoms with Gasteiger partial charge in [-0.25, -0.2) is 0 Å². The van der Waals surface area contributed by atoms with Gasteiger partial charge in [0.2, 0.25) is 0 Å². The first-order valence-corrected chi connectivity index (χ1v) is 7.94. The van der Waals surface area contributed by atoms with E-state index in [0.29, 0.717) is 0 Å². The molecule has 0 radical (unpaired) electrons. The summed E-state index contributed by atoms with van der Waals surface area (Å²) in [5.74, 6) is 0.135. The van der Waals surface area contributed by atoms with Crippen LogP contribution in [0.3, 0.4) is 0 Å². The number of hydrogen-bond acceptors (Lipinski definition) is 4. The molecule has 20 heavy (non-hydrogen) atoms. The van der Waals surface area contributed by atoms with E-state index in [1.807, 2.05) is 34.6 Å². The molecule has 0 aliphatic carbocycles. The molecule has 1 aromatic carbocycles. The van der Waals surface area contributed by atoms with Crippen molar-refractivity contribution in [2.45, 2.75) is 51.1 Å². The highest BCUT2D eigenvalue weighted by molar-refractivity contribution is 7.85. The summed E-state index contributed by atoms with van der Waals surface area (Å²) in [6.45, 7) is 9.66. The van der Waals surface area contributed by atoms with Crippen molar-refractivity contribution in [3.8, 4) is 0 Å². The maximum absolute atomic E-state index is 11.0. The van der Waals surface area contributed by atoms with Gasteiger partial charge in [-0.2, -0.15) is 13.5 Å². The lowest BCUT2D eigenvalue weighted by Crippen LogP contribution is -2.43. The molecular weight excluding hydrogens is 278 g/mol. The molecule has 0 aliphatic rings. The molecule has 0 fully saturated rings. The van der Waals surface area contributed by atoms with E-state index in [1.165, 1.54) is 17.2 Å². The molecule has 1 aromatic rings. The summed E-state index contributed by atoms with van der Waals surface area (Å²) in [7, 11) is -4.19. The van der Waals surface area contributed by atoms with Gasteiger partial charge in [0, 0.05) is 5.54 Å². The molecule has 0 aromatic heterocycles. The fourth-order valence-corrected chi connectivity index (χ4v) is 2.54. The largest absolute Gasteiger partial charge is 0.313 e. The Morgan fingerprint density at radius 3 is 1.85 bits per heavy atom. The molecule has 0 aliphatic heterocycles. The Morgan fingerprint density at radius 2 is 1.55 bits per heavy atom. The zero-order valence-corrected chi connectivity index (χ0v) is 13.3. The Hall–Kier alpha value is -0.950. The lowest BCUT2D eigenvalue weighted by atomic mass is 9.92. The molecule has 0 saturated carbocycles. The second-order valence-corrected chi connectivity index (χ2v) is 7.67. The van der Waals surface area contributed by atoms with Crippen LogP contribution in [0.1, 0.15) is 46.2 Å². The van der Waals surface area contributed by atoms with Gasteiger partial charge in [0.1, 0.15) is 0 Å². The van der Waals surface area contributed by atoms with Gasteiger partial charge in [0.05, 0.1) is 10.9 Å². The maximum atomic E-state index is 11.0. The fraction of sp³-hybridized carbons (Fsp3) is 0.571. The molecule has 6 heteroatoms. The molecule has 1 atom stereocenters. The zero-order chi connectivity index (χ0) is 15.7. The summed E-state index contributed by atoms with van der Waals surface area (Å²) in [4.78, 5) is -0.149. The van der Waals surface area contributed by atoms with Gasteiger partial charge in [-0.15, -0.1) is 0 Å². The van der Waals surface area contributed by atoms with E-state index < -0.39 is 15.7 Å². The normalized spacial score (nSPS) is 14.8. The van der Waals surface area contributed by atoms with E-state index >= 15 is 0 Å². The first kappa shape index (κ1) is 17.1. The van der Waals surface area contributed by atoms with Crippen LogP contribution in [-0.2, 0) is 10.1 Å². The van der Waals surface area contributed by atoms with Crippen molar-refractivity contribution in [3.05, 3.63) is 29.8 Å². The van der Waals surface area contributed by atoms with Crippen molar-refractivity contribution in [3.63, 3.8) is 0 Å². The van der Waals surface area contributed by atoms with Crippen LogP contribution in [0.4, 0.5) is 0 Å². The number of hydrogen-bond donors (Lipinski definition) is 2. The highest BCUT2D eigenvalue weighted by Crippen LogP contribution is 2.32. The highest BCUT2D eigenvalue weighted by Gasteiger charge is 2.31. The van der Waals surface area contributed by atoms with Gasteiger partial charge in [-0.3, -0.25) is 4.55 Å². The van der Waals surface area contributed by atoms with E-state index in [0.717, 1.165) is 5.56 Å². The van der Waals surface area contributed by atoms with Crippen molar-refractivity contribution < 1.29 is 18.2 Å². The van der Waals surface area contributed by atoms with Gasteiger partial charge in [0.25, 0.3) is 10.1 Å². The van der Waals surface area contributed by atoms with Crippen molar-refractivity contribution in [1.29, 1.82) is 0 Å². The average molecular weight is 301 g/mol. The molecule has 2 N–H and O–H groups in total. The first-order valence-electron chi connectivity index (χ1n) is 6.50. The second kappa shape index (κ2) is 5.81. The highest BCUT2D eigenvalue weighted by atomic mass is 32.2. The van der Waals surface area contributed by atoms with Crippen LogP contribution < -0.4 is 0 Å². The summed E-state index contributed by atoms with van der Waals surface area (Å²) in [6, 6.07) is 5.66. The molecule has 0 amide bonds. The topological polar surface area (TPSA) is 77.8 Å².